The number of hydrogen-bond donors (Lipinski definition) is 3. The van der Waals surface area contributed by atoms with Crippen LogP contribution in [0.5, 0.6) is 0 Å². The fourth-order valence-electron chi connectivity index (χ4n) is 2.76. The van der Waals surface area contributed by atoms with Crippen LogP contribution in [0.1, 0.15) is 39.0 Å². The molecule has 2 fully saturated rings. The summed E-state index contributed by atoms with van der Waals surface area (Å²) in [4.78, 5) is 21.5. The molecule has 0 aromatic heterocycles. The maximum Gasteiger partial charge on any atom is 0.305 e. The molecule has 0 spiro atoms. The van der Waals surface area contributed by atoms with Crippen LogP contribution in [0.4, 0.5) is 0 Å². The Balaban J connectivity index is 1.82. The Hall–Kier alpha value is -1.20. The number of nitrogens with two attached hydrogens (primary N) is 1. The van der Waals surface area contributed by atoms with Crippen LogP contribution in [0, 0.1) is 17.8 Å². The largest absolute Gasteiger partial charge is 0.481 e. The molecule has 2 atom stereocenters. The molecule has 0 heterocycles. The van der Waals surface area contributed by atoms with Gasteiger partial charge in [0.25, 0.3) is 0 Å². The summed E-state index contributed by atoms with van der Waals surface area (Å²) in [6.07, 6.45) is 10.0. The number of carbonyl (C=O) groups excluding carboxylic acids is 1. The van der Waals surface area contributed by atoms with Crippen LogP contribution in [0.25, 0.3) is 0 Å². The molecular formula is C16H26N2O3. The van der Waals surface area contributed by atoms with Gasteiger partial charge in [0.2, 0.25) is 0 Å². The van der Waals surface area contributed by atoms with Gasteiger partial charge in [0.05, 0.1) is 12.5 Å². The van der Waals surface area contributed by atoms with E-state index in [1.165, 1.54) is 25.7 Å². The number of carboxylic acids is 1. The van der Waals surface area contributed by atoms with E-state index in [1.54, 1.807) is 0 Å². The number of aliphatic carboxylic acids is 1. The minimum Gasteiger partial charge on any atom is -0.481 e. The molecule has 2 aliphatic carbocycles. The quantitative estimate of drug-likeness (QED) is 0.417. The highest BCUT2D eigenvalue weighted by molar-refractivity contribution is 5.73. The second-order valence-corrected chi connectivity index (χ2v) is 6.84. The first kappa shape index (κ1) is 16.2. The first-order chi connectivity index (χ1) is 9.91. The molecule has 21 heavy (non-hydrogen) atoms. The number of nitrogens with one attached hydrogen (secondary N) is 1. The molecule has 0 amide bonds. The highest BCUT2D eigenvalue weighted by atomic mass is 16.4. The molecule has 0 bridgehead atoms. The van der Waals surface area contributed by atoms with E-state index in [2.05, 4.69) is 11.4 Å². The molecule has 0 aromatic carbocycles. The molecule has 1 unspecified atom stereocenters. The lowest BCUT2D eigenvalue weighted by Crippen LogP contribution is -2.48. The highest BCUT2D eigenvalue weighted by Crippen LogP contribution is 2.49. The molecule has 2 saturated carbocycles. The van der Waals surface area contributed by atoms with Crippen molar-refractivity contribution in [3.63, 3.8) is 0 Å². The Kier molecular flexibility index (Phi) is 5.17. The zero-order chi connectivity index (χ0) is 15.5. The van der Waals surface area contributed by atoms with Crippen molar-refractivity contribution in [2.24, 2.45) is 23.5 Å². The van der Waals surface area contributed by atoms with Crippen molar-refractivity contribution < 1.29 is 14.7 Å². The van der Waals surface area contributed by atoms with Crippen molar-refractivity contribution in [1.82, 2.24) is 5.32 Å². The molecule has 2 rings (SSSR count). The maximum atomic E-state index is 10.8. The van der Waals surface area contributed by atoms with Crippen LogP contribution in [0.15, 0.2) is 12.2 Å². The van der Waals surface area contributed by atoms with Gasteiger partial charge in [-0.15, -0.1) is 0 Å². The van der Waals surface area contributed by atoms with Gasteiger partial charge in [-0.2, -0.15) is 0 Å². The minimum absolute atomic E-state index is 0.212. The number of hydrogen-bond acceptors (Lipinski definition) is 4. The van der Waals surface area contributed by atoms with Gasteiger partial charge in [-0.3, -0.25) is 4.79 Å². The van der Waals surface area contributed by atoms with Crippen LogP contribution >= 0.6 is 0 Å². The molecule has 4 N–H and O–H groups in total. The predicted octanol–water partition coefficient (Wildman–Crippen LogP) is 1.33. The van der Waals surface area contributed by atoms with Crippen molar-refractivity contribution in [1.29, 1.82) is 0 Å². The number of carbonyl (C=O) groups is 2. The molecule has 118 valence electrons. The fourth-order valence-corrected chi connectivity index (χ4v) is 2.76. The average Bonchev–Trinajstić information content (AvgIpc) is 3.25. The number of rotatable bonds is 10. The molecule has 0 aliphatic heterocycles. The summed E-state index contributed by atoms with van der Waals surface area (Å²) in [5, 5.41) is 11.6. The smallest absolute Gasteiger partial charge is 0.305 e. The number of aldehydes is 1. The Labute approximate surface area is 126 Å². The fraction of sp³-hybridized carbons (Fsp3) is 0.750. The molecule has 0 saturated heterocycles. The van der Waals surface area contributed by atoms with Gasteiger partial charge in [0, 0.05) is 12.1 Å². The van der Waals surface area contributed by atoms with Gasteiger partial charge in [0.15, 0.2) is 0 Å². The molecule has 2 aliphatic rings. The summed E-state index contributed by atoms with van der Waals surface area (Å²) < 4.78 is 0. The van der Waals surface area contributed by atoms with E-state index in [0.29, 0.717) is 18.7 Å². The number of allylic oxidation sites excluding steroid dienone is 1. The number of carboxylic acid groups (broad SMARTS) is 1. The zero-order valence-corrected chi connectivity index (χ0v) is 12.6. The first-order valence-corrected chi connectivity index (χ1v) is 7.80. The standard InChI is InChI=1S/C16H26N2O3/c1-16(17,10-18-13(9-19)8-15(20)21)7-6-14(11-2-3-11)12-4-5-12/h6-7,9,11-14,18H,2-5,8,10,17H2,1H3,(H,20,21)/t13-,16?/m1/s1. The zero-order valence-electron chi connectivity index (χ0n) is 12.6. The van der Waals surface area contributed by atoms with Crippen molar-refractivity contribution in [2.45, 2.75) is 50.6 Å². The van der Waals surface area contributed by atoms with E-state index in [4.69, 9.17) is 10.8 Å². The molecule has 5 heteroatoms. The van der Waals surface area contributed by atoms with Crippen LogP contribution < -0.4 is 11.1 Å². The topological polar surface area (TPSA) is 92.4 Å². The average molecular weight is 294 g/mol. The third kappa shape index (κ3) is 5.59. The van der Waals surface area contributed by atoms with E-state index in [-0.39, 0.29) is 6.42 Å². The summed E-state index contributed by atoms with van der Waals surface area (Å²) in [6.45, 7) is 2.29. The Morgan fingerprint density at radius 3 is 2.38 bits per heavy atom. The summed E-state index contributed by atoms with van der Waals surface area (Å²) in [5.74, 6) is 1.35. The second-order valence-electron chi connectivity index (χ2n) is 6.84. The van der Waals surface area contributed by atoms with Crippen molar-refractivity contribution in [3.8, 4) is 0 Å². The Morgan fingerprint density at radius 2 is 1.95 bits per heavy atom. The monoisotopic (exact) mass is 294 g/mol. The second kappa shape index (κ2) is 6.71. The van der Waals surface area contributed by atoms with Crippen molar-refractivity contribution in [3.05, 3.63) is 12.2 Å². The van der Waals surface area contributed by atoms with Gasteiger partial charge >= 0.3 is 5.97 Å². The minimum atomic E-state index is -0.989. The van der Waals surface area contributed by atoms with E-state index in [0.717, 1.165) is 11.8 Å². The lowest BCUT2D eigenvalue weighted by Gasteiger charge is -2.24. The summed E-state index contributed by atoms with van der Waals surface area (Å²) >= 11 is 0. The summed E-state index contributed by atoms with van der Waals surface area (Å²) in [7, 11) is 0. The summed E-state index contributed by atoms with van der Waals surface area (Å²) in [6, 6.07) is -0.679. The van der Waals surface area contributed by atoms with E-state index in [1.807, 2.05) is 13.0 Å². The van der Waals surface area contributed by atoms with E-state index < -0.39 is 17.6 Å². The van der Waals surface area contributed by atoms with Crippen molar-refractivity contribution in [2.75, 3.05) is 6.54 Å². The van der Waals surface area contributed by atoms with Crippen LogP contribution in [-0.2, 0) is 9.59 Å². The molecule has 0 aromatic rings. The SMILES string of the molecule is CC(N)(C=CC(C1CC1)C1CC1)CN[C@@H](C=O)CC(=O)O. The molecule has 5 nitrogen and oxygen atoms in total. The lowest BCUT2D eigenvalue weighted by molar-refractivity contribution is -0.138. The third-order valence-corrected chi connectivity index (χ3v) is 4.34. The van der Waals surface area contributed by atoms with Crippen molar-refractivity contribution >= 4 is 12.3 Å². The lowest BCUT2D eigenvalue weighted by atomic mass is 9.93. The Bertz CT molecular complexity index is 400. The van der Waals surface area contributed by atoms with Gasteiger partial charge < -0.3 is 21.0 Å². The normalized spacial score (nSPS) is 23.2. The maximum absolute atomic E-state index is 10.8. The predicted molar refractivity (Wildman–Crippen MR) is 80.8 cm³/mol. The molecular weight excluding hydrogens is 268 g/mol. The van der Waals surface area contributed by atoms with E-state index >= 15 is 0 Å². The van der Waals surface area contributed by atoms with Gasteiger partial charge in [0.1, 0.15) is 6.29 Å². The van der Waals surface area contributed by atoms with Crippen LogP contribution in [0.3, 0.4) is 0 Å². The van der Waals surface area contributed by atoms with Crippen LogP contribution in [0.2, 0.25) is 0 Å². The van der Waals surface area contributed by atoms with E-state index in [9.17, 15) is 9.59 Å². The Morgan fingerprint density at radius 1 is 1.38 bits per heavy atom. The van der Waals surface area contributed by atoms with Crippen LogP contribution in [-0.4, -0.2) is 35.5 Å². The van der Waals surface area contributed by atoms with Gasteiger partial charge in [-0.1, -0.05) is 12.2 Å². The molecule has 0 radical (unpaired) electrons. The highest BCUT2D eigenvalue weighted by Gasteiger charge is 2.40. The third-order valence-electron chi connectivity index (χ3n) is 4.34. The first-order valence-electron chi connectivity index (χ1n) is 7.80. The van der Waals surface area contributed by atoms with Gasteiger partial charge in [-0.05, 0) is 50.4 Å². The summed E-state index contributed by atoms with van der Waals surface area (Å²) in [5.41, 5.74) is 5.66. The van der Waals surface area contributed by atoms with Gasteiger partial charge in [-0.25, -0.2) is 0 Å².